The van der Waals surface area contributed by atoms with Crippen LogP contribution in [-0.4, -0.2) is 35.0 Å². The molecule has 0 radical (unpaired) electrons. The van der Waals surface area contributed by atoms with Crippen molar-refractivity contribution in [1.29, 1.82) is 0 Å². The Morgan fingerprint density at radius 1 is 1.41 bits per heavy atom. The summed E-state index contributed by atoms with van der Waals surface area (Å²) in [6, 6.07) is 1.26. The fourth-order valence-electron chi connectivity index (χ4n) is 1.47. The average Bonchev–Trinajstić information content (AvgIpc) is 2.79. The summed E-state index contributed by atoms with van der Waals surface area (Å²) < 4.78 is 4.98. The van der Waals surface area contributed by atoms with E-state index < -0.39 is 5.97 Å². The highest BCUT2D eigenvalue weighted by Crippen LogP contribution is 2.11. The van der Waals surface area contributed by atoms with Crippen LogP contribution in [0.2, 0.25) is 0 Å². The summed E-state index contributed by atoms with van der Waals surface area (Å²) in [5, 5.41) is 8.73. The van der Waals surface area contributed by atoms with Gasteiger partial charge < -0.3 is 14.4 Å². The summed E-state index contributed by atoms with van der Waals surface area (Å²) in [5.41, 5.74) is -0.0000976. The fourth-order valence-corrected chi connectivity index (χ4v) is 1.47. The summed E-state index contributed by atoms with van der Waals surface area (Å²) in [4.78, 5) is 24.3. The molecule has 94 valence electrons. The lowest BCUT2D eigenvalue weighted by atomic mass is 10.2. The largest absolute Gasteiger partial charge is 0.478 e. The molecule has 5 nitrogen and oxygen atoms in total. The second-order valence-electron chi connectivity index (χ2n) is 3.74. The number of carbonyl (C=O) groups is 2. The van der Waals surface area contributed by atoms with Crippen LogP contribution in [0.1, 0.15) is 47.6 Å². The molecule has 0 aliphatic rings. The molecule has 1 aromatic heterocycles. The topological polar surface area (TPSA) is 70.8 Å². The zero-order chi connectivity index (χ0) is 12.8. The van der Waals surface area contributed by atoms with Crippen LogP contribution in [0.15, 0.2) is 16.7 Å². The number of carboxylic acid groups (broad SMARTS) is 1. The van der Waals surface area contributed by atoms with Crippen molar-refractivity contribution in [2.75, 3.05) is 13.1 Å². The minimum absolute atomic E-state index is 0.0000976. The van der Waals surface area contributed by atoms with E-state index in [1.807, 2.05) is 13.8 Å². The van der Waals surface area contributed by atoms with E-state index in [0.717, 1.165) is 19.1 Å². The minimum atomic E-state index is -1.09. The summed E-state index contributed by atoms with van der Waals surface area (Å²) in [5.74, 6) is -1.27. The number of amides is 1. The number of unbranched alkanes of at least 4 members (excludes halogenated alkanes) is 1. The normalized spacial score (nSPS) is 10.2. The summed E-state index contributed by atoms with van der Waals surface area (Å²) in [7, 11) is 0. The number of carboxylic acids is 1. The van der Waals surface area contributed by atoms with Gasteiger partial charge >= 0.3 is 5.97 Å². The Morgan fingerprint density at radius 2 is 2.12 bits per heavy atom. The molecule has 1 heterocycles. The predicted octanol–water partition coefficient (Wildman–Crippen LogP) is 2.24. The number of aromatic carboxylic acids is 1. The first kappa shape index (κ1) is 13.3. The van der Waals surface area contributed by atoms with Gasteiger partial charge in [-0.15, -0.1) is 0 Å². The van der Waals surface area contributed by atoms with Crippen LogP contribution in [0.5, 0.6) is 0 Å². The van der Waals surface area contributed by atoms with Gasteiger partial charge in [0.2, 0.25) is 0 Å². The van der Waals surface area contributed by atoms with Crippen molar-refractivity contribution in [2.24, 2.45) is 0 Å². The van der Waals surface area contributed by atoms with E-state index in [-0.39, 0.29) is 17.2 Å². The third-order valence-corrected chi connectivity index (χ3v) is 2.51. The molecule has 5 heteroatoms. The molecule has 0 atom stereocenters. The van der Waals surface area contributed by atoms with Gasteiger partial charge in [-0.2, -0.15) is 0 Å². The highest BCUT2D eigenvalue weighted by molar-refractivity contribution is 5.95. The molecule has 0 aliphatic heterocycles. The molecule has 1 rings (SSSR count). The molecule has 1 amide bonds. The van der Waals surface area contributed by atoms with Gasteiger partial charge in [0.15, 0.2) is 5.76 Å². The van der Waals surface area contributed by atoms with Crippen molar-refractivity contribution in [3.63, 3.8) is 0 Å². The van der Waals surface area contributed by atoms with Crippen LogP contribution in [-0.2, 0) is 0 Å². The highest BCUT2D eigenvalue weighted by Gasteiger charge is 2.19. The number of hydrogen-bond acceptors (Lipinski definition) is 3. The Bertz CT molecular complexity index is 397. The van der Waals surface area contributed by atoms with E-state index in [4.69, 9.17) is 9.52 Å². The van der Waals surface area contributed by atoms with Crippen LogP contribution in [0, 0.1) is 0 Å². The summed E-state index contributed by atoms with van der Waals surface area (Å²) in [6.45, 7) is 5.18. The molecular weight excluding hydrogens is 222 g/mol. The number of rotatable bonds is 6. The molecule has 17 heavy (non-hydrogen) atoms. The maximum absolute atomic E-state index is 12.0. The van der Waals surface area contributed by atoms with E-state index in [1.54, 1.807) is 4.90 Å². The molecule has 0 unspecified atom stereocenters. The van der Waals surface area contributed by atoms with E-state index in [0.29, 0.717) is 13.1 Å². The summed E-state index contributed by atoms with van der Waals surface area (Å²) >= 11 is 0. The molecule has 0 saturated heterocycles. The van der Waals surface area contributed by atoms with E-state index in [1.165, 1.54) is 6.07 Å². The van der Waals surface area contributed by atoms with Crippen molar-refractivity contribution in [3.05, 3.63) is 23.7 Å². The Labute approximate surface area is 100 Å². The van der Waals surface area contributed by atoms with Crippen LogP contribution >= 0.6 is 0 Å². The molecule has 1 N–H and O–H groups in total. The predicted molar refractivity (Wildman–Crippen MR) is 62.2 cm³/mol. The fraction of sp³-hybridized carbons (Fsp3) is 0.500. The number of carbonyl (C=O) groups excluding carboxylic acids is 1. The summed E-state index contributed by atoms with van der Waals surface area (Å²) in [6.07, 6.45) is 3.01. The maximum atomic E-state index is 12.0. The Hall–Kier alpha value is -1.78. The van der Waals surface area contributed by atoms with Gasteiger partial charge in [-0.05, 0) is 13.3 Å². The zero-order valence-electron chi connectivity index (χ0n) is 10.1. The Balaban J connectivity index is 2.75. The molecular formula is C12H17NO4. The Kier molecular flexibility index (Phi) is 4.75. The standard InChI is InChI=1S/C12H17NO4/c1-3-5-6-13(4-2)11(14)10-7-9(8-17-10)12(15)16/h7-8H,3-6H2,1-2H3,(H,15,16). The maximum Gasteiger partial charge on any atom is 0.338 e. The molecule has 0 saturated carbocycles. The van der Waals surface area contributed by atoms with Gasteiger partial charge in [0.05, 0.1) is 5.56 Å². The lowest BCUT2D eigenvalue weighted by Crippen LogP contribution is -2.31. The van der Waals surface area contributed by atoms with Crippen LogP contribution in [0.4, 0.5) is 0 Å². The van der Waals surface area contributed by atoms with Crippen molar-refractivity contribution in [1.82, 2.24) is 4.90 Å². The first-order chi connectivity index (χ1) is 8.10. The van der Waals surface area contributed by atoms with Gasteiger partial charge in [-0.25, -0.2) is 4.79 Å². The quantitative estimate of drug-likeness (QED) is 0.826. The van der Waals surface area contributed by atoms with Crippen molar-refractivity contribution < 1.29 is 19.1 Å². The molecule has 1 aromatic rings. The highest BCUT2D eigenvalue weighted by atomic mass is 16.4. The van der Waals surface area contributed by atoms with E-state index in [2.05, 4.69) is 0 Å². The number of nitrogens with zero attached hydrogens (tertiary/aromatic N) is 1. The molecule has 0 fully saturated rings. The lowest BCUT2D eigenvalue weighted by Gasteiger charge is -2.18. The second-order valence-corrected chi connectivity index (χ2v) is 3.74. The van der Waals surface area contributed by atoms with Gasteiger partial charge in [0.1, 0.15) is 6.26 Å². The lowest BCUT2D eigenvalue weighted by molar-refractivity contribution is 0.0694. The SMILES string of the molecule is CCCCN(CC)C(=O)c1cc(C(=O)O)co1. The first-order valence-electron chi connectivity index (χ1n) is 5.71. The van der Waals surface area contributed by atoms with Gasteiger partial charge in [0.25, 0.3) is 5.91 Å². The van der Waals surface area contributed by atoms with E-state index >= 15 is 0 Å². The van der Waals surface area contributed by atoms with Gasteiger partial charge in [-0.1, -0.05) is 13.3 Å². The van der Waals surface area contributed by atoms with Crippen LogP contribution in [0.25, 0.3) is 0 Å². The van der Waals surface area contributed by atoms with Crippen molar-refractivity contribution in [3.8, 4) is 0 Å². The van der Waals surface area contributed by atoms with Crippen LogP contribution < -0.4 is 0 Å². The van der Waals surface area contributed by atoms with Crippen LogP contribution in [0.3, 0.4) is 0 Å². The van der Waals surface area contributed by atoms with Crippen molar-refractivity contribution in [2.45, 2.75) is 26.7 Å². The smallest absolute Gasteiger partial charge is 0.338 e. The number of furan rings is 1. The Morgan fingerprint density at radius 3 is 2.59 bits per heavy atom. The van der Waals surface area contributed by atoms with Gasteiger partial charge in [-0.3, -0.25) is 4.79 Å². The van der Waals surface area contributed by atoms with Gasteiger partial charge in [0, 0.05) is 19.2 Å². The monoisotopic (exact) mass is 239 g/mol. The van der Waals surface area contributed by atoms with Crippen molar-refractivity contribution >= 4 is 11.9 Å². The molecule has 0 spiro atoms. The molecule has 0 aliphatic carbocycles. The third-order valence-electron chi connectivity index (χ3n) is 2.51. The van der Waals surface area contributed by atoms with E-state index in [9.17, 15) is 9.59 Å². The third kappa shape index (κ3) is 3.34. The zero-order valence-corrected chi connectivity index (χ0v) is 10.1. The first-order valence-corrected chi connectivity index (χ1v) is 5.71. The minimum Gasteiger partial charge on any atom is -0.478 e. The molecule has 0 aromatic carbocycles. The average molecular weight is 239 g/mol. The second kappa shape index (κ2) is 6.08. The molecule has 0 bridgehead atoms. The number of hydrogen-bond donors (Lipinski definition) is 1.